The Kier molecular flexibility index (Phi) is 5.03. The van der Waals surface area contributed by atoms with E-state index < -0.39 is 0 Å². The molecule has 0 aliphatic carbocycles. The molecule has 0 aromatic carbocycles. The Morgan fingerprint density at radius 2 is 2.61 bits per heavy atom. The lowest BCUT2D eigenvalue weighted by Crippen LogP contribution is -2.36. The van der Waals surface area contributed by atoms with E-state index in [2.05, 4.69) is 10.3 Å². The van der Waals surface area contributed by atoms with Gasteiger partial charge in [0, 0.05) is 24.2 Å². The topological polar surface area (TPSA) is 51.2 Å². The van der Waals surface area contributed by atoms with Gasteiger partial charge in [0.25, 0.3) is 0 Å². The second-order valence-corrected chi connectivity index (χ2v) is 6.84. The lowest BCUT2D eigenvalue weighted by atomic mass is 10.2. The molecule has 1 fully saturated rings. The molecular weight excluding hydrogens is 268 g/mol. The van der Waals surface area contributed by atoms with Crippen LogP contribution >= 0.6 is 23.1 Å². The third-order valence-corrected chi connectivity index (χ3v) is 4.96. The number of nitrogens with zero attached hydrogens (tertiary/aromatic N) is 1. The highest BCUT2D eigenvalue weighted by molar-refractivity contribution is 8.02. The van der Waals surface area contributed by atoms with Crippen LogP contribution in [0.4, 0.5) is 0 Å². The minimum Gasteiger partial charge on any atom is -0.376 e. The van der Waals surface area contributed by atoms with Crippen LogP contribution in [0.25, 0.3) is 0 Å². The SMILES string of the molecule is Cc1csc(S[C@H](C)C(=O)NC[C@@H]2CCCO2)n1. The van der Waals surface area contributed by atoms with Gasteiger partial charge in [0.15, 0.2) is 4.34 Å². The highest BCUT2D eigenvalue weighted by atomic mass is 32.2. The van der Waals surface area contributed by atoms with E-state index in [9.17, 15) is 4.79 Å². The number of aryl methyl sites for hydroxylation is 1. The predicted molar refractivity (Wildman–Crippen MR) is 74.2 cm³/mol. The summed E-state index contributed by atoms with van der Waals surface area (Å²) in [5, 5.41) is 4.83. The second-order valence-electron chi connectivity index (χ2n) is 4.40. The summed E-state index contributed by atoms with van der Waals surface area (Å²) in [7, 11) is 0. The molecule has 2 heterocycles. The average molecular weight is 286 g/mol. The van der Waals surface area contributed by atoms with Crippen molar-refractivity contribution in [3.05, 3.63) is 11.1 Å². The van der Waals surface area contributed by atoms with Gasteiger partial charge in [0.1, 0.15) is 0 Å². The third kappa shape index (κ3) is 3.96. The summed E-state index contributed by atoms with van der Waals surface area (Å²) in [5.74, 6) is 0.0587. The predicted octanol–water partition coefficient (Wildman–Crippen LogP) is 2.23. The number of hydrogen-bond acceptors (Lipinski definition) is 5. The molecule has 100 valence electrons. The number of aromatic nitrogens is 1. The van der Waals surface area contributed by atoms with Crippen molar-refractivity contribution in [2.45, 2.75) is 42.4 Å². The minimum absolute atomic E-state index is 0.0587. The van der Waals surface area contributed by atoms with Gasteiger partial charge in [0.05, 0.1) is 11.4 Å². The maximum atomic E-state index is 11.9. The van der Waals surface area contributed by atoms with Crippen molar-refractivity contribution < 1.29 is 9.53 Å². The highest BCUT2D eigenvalue weighted by Gasteiger charge is 2.19. The molecule has 18 heavy (non-hydrogen) atoms. The second kappa shape index (κ2) is 6.54. The molecule has 6 heteroatoms. The normalized spacial score (nSPS) is 20.9. The molecule has 1 N–H and O–H groups in total. The third-order valence-electron chi connectivity index (χ3n) is 2.77. The maximum absolute atomic E-state index is 11.9. The maximum Gasteiger partial charge on any atom is 0.233 e. The molecule has 1 aromatic rings. The standard InChI is InChI=1S/C12H18N2O2S2/c1-8-7-17-12(14-8)18-9(2)11(15)13-6-10-4-3-5-16-10/h7,9-10H,3-6H2,1-2H3,(H,13,15)/t9-,10+/m1/s1. The fourth-order valence-corrected chi connectivity index (χ4v) is 3.76. The van der Waals surface area contributed by atoms with Crippen molar-refractivity contribution >= 4 is 29.0 Å². The van der Waals surface area contributed by atoms with Crippen LogP contribution in [0.15, 0.2) is 9.72 Å². The Bertz CT molecular complexity index is 403. The molecule has 2 rings (SSSR count). The lowest BCUT2D eigenvalue weighted by molar-refractivity contribution is -0.120. The summed E-state index contributed by atoms with van der Waals surface area (Å²) < 4.78 is 6.42. The van der Waals surface area contributed by atoms with Gasteiger partial charge < -0.3 is 10.1 Å². The number of thioether (sulfide) groups is 1. The Morgan fingerprint density at radius 1 is 1.78 bits per heavy atom. The van der Waals surface area contributed by atoms with E-state index in [4.69, 9.17) is 4.74 Å². The fourth-order valence-electron chi connectivity index (χ4n) is 1.75. The van der Waals surface area contributed by atoms with Gasteiger partial charge in [-0.25, -0.2) is 4.98 Å². The van der Waals surface area contributed by atoms with Gasteiger partial charge >= 0.3 is 0 Å². The van der Waals surface area contributed by atoms with Gasteiger partial charge in [-0.1, -0.05) is 11.8 Å². The van der Waals surface area contributed by atoms with Crippen LogP contribution < -0.4 is 5.32 Å². The van der Waals surface area contributed by atoms with Gasteiger partial charge in [-0.2, -0.15) is 0 Å². The van der Waals surface area contributed by atoms with Gasteiger partial charge in [0.2, 0.25) is 5.91 Å². The summed E-state index contributed by atoms with van der Waals surface area (Å²) in [6, 6.07) is 0. The van der Waals surface area contributed by atoms with E-state index in [0.29, 0.717) is 6.54 Å². The number of amides is 1. The van der Waals surface area contributed by atoms with Crippen LogP contribution in [-0.4, -0.2) is 35.4 Å². The first-order chi connectivity index (χ1) is 8.65. The Labute approximate surface area is 116 Å². The van der Waals surface area contributed by atoms with Crippen LogP contribution in [0.2, 0.25) is 0 Å². The van der Waals surface area contributed by atoms with Gasteiger partial charge in [-0.3, -0.25) is 4.79 Å². The first kappa shape index (κ1) is 13.8. The van der Waals surface area contributed by atoms with Crippen LogP contribution in [0, 0.1) is 6.92 Å². The zero-order valence-corrected chi connectivity index (χ0v) is 12.3. The van der Waals surface area contributed by atoms with Crippen molar-refractivity contribution in [1.29, 1.82) is 0 Å². The summed E-state index contributed by atoms with van der Waals surface area (Å²) in [4.78, 5) is 16.2. The van der Waals surface area contributed by atoms with Crippen molar-refractivity contribution in [1.82, 2.24) is 10.3 Å². The van der Waals surface area contributed by atoms with Gasteiger partial charge in [-0.15, -0.1) is 11.3 Å². The first-order valence-electron chi connectivity index (χ1n) is 6.13. The van der Waals surface area contributed by atoms with Crippen molar-refractivity contribution in [2.75, 3.05) is 13.2 Å². The summed E-state index contributed by atoms with van der Waals surface area (Å²) >= 11 is 3.10. The van der Waals surface area contributed by atoms with Crippen molar-refractivity contribution in [2.24, 2.45) is 0 Å². The Balaban J connectivity index is 1.74. The molecule has 0 unspecified atom stereocenters. The van der Waals surface area contributed by atoms with Crippen LogP contribution in [0.3, 0.4) is 0 Å². The largest absolute Gasteiger partial charge is 0.376 e. The van der Waals surface area contributed by atoms with E-state index in [1.54, 1.807) is 11.3 Å². The molecule has 1 saturated heterocycles. The fraction of sp³-hybridized carbons (Fsp3) is 0.667. The molecule has 0 spiro atoms. The molecule has 1 amide bonds. The molecule has 1 aromatic heterocycles. The van der Waals surface area contributed by atoms with Crippen LogP contribution in [0.5, 0.6) is 0 Å². The monoisotopic (exact) mass is 286 g/mol. The van der Waals surface area contributed by atoms with Crippen molar-refractivity contribution in [3.8, 4) is 0 Å². The minimum atomic E-state index is -0.114. The smallest absolute Gasteiger partial charge is 0.233 e. The van der Waals surface area contributed by atoms with E-state index in [1.807, 2.05) is 19.2 Å². The summed E-state index contributed by atoms with van der Waals surface area (Å²) in [6.07, 6.45) is 2.35. The molecule has 1 aliphatic rings. The summed E-state index contributed by atoms with van der Waals surface area (Å²) in [5.41, 5.74) is 1.01. The Morgan fingerprint density at radius 3 is 3.22 bits per heavy atom. The van der Waals surface area contributed by atoms with E-state index >= 15 is 0 Å². The Hall–Kier alpha value is -0.590. The quantitative estimate of drug-likeness (QED) is 0.843. The average Bonchev–Trinajstić information content (AvgIpc) is 2.97. The zero-order valence-electron chi connectivity index (χ0n) is 10.6. The molecule has 0 saturated carbocycles. The number of carbonyl (C=O) groups is 1. The van der Waals surface area contributed by atoms with Crippen LogP contribution in [0.1, 0.15) is 25.5 Å². The molecule has 1 aliphatic heterocycles. The van der Waals surface area contributed by atoms with Gasteiger partial charge in [-0.05, 0) is 26.7 Å². The number of ether oxygens (including phenoxy) is 1. The van der Waals surface area contributed by atoms with Crippen molar-refractivity contribution in [3.63, 3.8) is 0 Å². The zero-order chi connectivity index (χ0) is 13.0. The number of rotatable bonds is 5. The number of hydrogen-bond donors (Lipinski definition) is 1. The summed E-state index contributed by atoms with van der Waals surface area (Å²) in [6.45, 7) is 5.32. The van der Waals surface area contributed by atoms with E-state index in [0.717, 1.165) is 29.5 Å². The molecule has 4 nitrogen and oxygen atoms in total. The number of nitrogens with one attached hydrogen (secondary N) is 1. The number of thiazole rings is 1. The molecule has 0 bridgehead atoms. The van der Waals surface area contributed by atoms with Crippen LogP contribution in [-0.2, 0) is 9.53 Å². The first-order valence-corrected chi connectivity index (χ1v) is 7.89. The van der Waals surface area contributed by atoms with E-state index in [1.165, 1.54) is 11.8 Å². The molecule has 0 radical (unpaired) electrons. The number of carbonyl (C=O) groups excluding carboxylic acids is 1. The molecular formula is C12H18N2O2S2. The highest BCUT2D eigenvalue weighted by Crippen LogP contribution is 2.26. The van der Waals surface area contributed by atoms with E-state index in [-0.39, 0.29) is 17.3 Å². The molecule has 2 atom stereocenters. The lowest BCUT2D eigenvalue weighted by Gasteiger charge is -2.13.